The van der Waals surface area contributed by atoms with E-state index in [1.807, 2.05) is 0 Å². The first kappa shape index (κ1) is 10.1. The summed E-state index contributed by atoms with van der Waals surface area (Å²) in [6, 6.07) is 2.96. The van der Waals surface area contributed by atoms with E-state index in [0.717, 1.165) is 0 Å². The Kier molecular flexibility index (Phi) is 1.77. The van der Waals surface area contributed by atoms with Crippen molar-refractivity contribution >= 4 is 38.3 Å². The van der Waals surface area contributed by atoms with E-state index < -0.39 is 10.0 Å². The minimum atomic E-state index is -3.68. The molecular weight excluding hydrogens is 244 g/mol. The van der Waals surface area contributed by atoms with E-state index in [4.69, 9.17) is 10.3 Å². The van der Waals surface area contributed by atoms with Crippen LogP contribution in [0.1, 0.15) is 6.92 Å². The Hall–Kier alpha value is -2.09. The largest absolute Gasteiger partial charge is 0.380 e. The third-order valence-corrected chi connectivity index (χ3v) is 3.86. The molecule has 17 heavy (non-hydrogen) atoms. The van der Waals surface area contributed by atoms with Crippen molar-refractivity contribution in [2.24, 2.45) is 4.40 Å². The molecule has 1 aliphatic rings. The molecule has 1 aromatic carbocycles. The predicted octanol–water partition coefficient (Wildman–Crippen LogP) is 0.943. The van der Waals surface area contributed by atoms with Crippen LogP contribution in [0.4, 0.5) is 11.5 Å². The van der Waals surface area contributed by atoms with E-state index in [9.17, 15) is 8.42 Å². The fraction of sp³-hybridized carbons (Fsp3) is 0.111. The Morgan fingerprint density at radius 2 is 2.18 bits per heavy atom. The van der Waals surface area contributed by atoms with Gasteiger partial charge in [0.1, 0.15) is 10.7 Å². The third kappa shape index (κ3) is 1.37. The number of fused-ring (bicyclic) bond motifs is 2. The molecule has 3 rings (SSSR count). The quantitative estimate of drug-likeness (QED) is 0.722. The van der Waals surface area contributed by atoms with Gasteiger partial charge < -0.3 is 15.6 Å². The van der Waals surface area contributed by atoms with Gasteiger partial charge in [-0.15, -0.1) is 4.40 Å². The molecule has 0 saturated carbocycles. The second-order valence-corrected chi connectivity index (χ2v) is 5.26. The lowest BCUT2D eigenvalue weighted by molar-refractivity contribution is 0.460. The molecule has 1 aromatic heterocycles. The SMILES string of the molecule is CC1=NS(=O)(=O)c2cc3c(N)noc3cc2N1. The fourth-order valence-electron chi connectivity index (χ4n) is 1.74. The van der Waals surface area contributed by atoms with Crippen molar-refractivity contribution in [2.75, 3.05) is 11.1 Å². The van der Waals surface area contributed by atoms with Crippen molar-refractivity contribution in [3.8, 4) is 0 Å². The van der Waals surface area contributed by atoms with Gasteiger partial charge in [-0.3, -0.25) is 0 Å². The number of nitrogens with zero attached hydrogens (tertiary/aromatic N) is 2. The lowest BCUT2D eigenvalue weighted by Crippen LogP contribution is -2.18. The number of sulfonamides is 1. The summed E-state index contributed by atoms with van der Waals surface area (Å²) < 4.78 is 32.2. The maximum atomic E-state index is 11.8. The van der Waals surface area contributed by atoms with Gasteiger partial charge in [0.2, 0.25) is 0 Å². The average molecular weight is 252 g/mol. The van der Waals surface area contributed by atoms with Gasteiger partial charge in [0.05, 0.1) is 11.1 Å². The molecule has 3 N–H and O–H groups in total. The van der Waals surface area contributed by atoms with E-state index >= 15 is 0 Å². The molecule has 0 unspecified atom stereocenters. The highest BCUT2D eigenvalue weighted by Gasteiger charge is 2.25. The predicted molar refractivity (Wildman–Crippen MR) is 62.3 cm³/mol. The molecule has 7 nitrogen and oxygen atoms in total. The van der Waals surface area contributed by atoms with E-state index in [1.165, 1.54) is 6.07 Å². The van der Waals surface area contributed by atoms with Crippen LogP contribution in [0.15, 0.2) is 25.9 Å². The second kappa shape index (κ2) is 2.98. The first-order chi connectivity index (χ1) is 7.97. The lowest BCUT2D eigenvalue weighted by atomic mass is 10.2. The number of rotatable bonds is 0. The van der Waals surface area contributed by atoms with Crippen molar-refractivity contribution in [3.05, 3.63) is 12.1 Å². The standard InChI is InChI=1S/C9H8N4O3S/c1-4-11-6-3-7-5(9(10)12-16-7)2-8(6)17(14,15)13-4/h2-3H,1H3,(H2,10,12)(H,11,13). The fourth-order valence-corrected chi connectivity index (χ4v) is 2.90. The highest BCUT2D eigenvalue weighted by Crippen LogP contribution is 2.33. The zero-order valence-electron chi connectivity index (χ0n) is 8.76. The summed E-state index contributed by atoms with van der Waals surface area (Å²) in [5, 5.41) is 6.90. The van der Waals surface area contributed by atoms with Gasteiger partial charge in [-0.25, -0.2) is 0 Å². The lowest BCUT2D eigenvalue weighted by Gasteiger charge is -2.15. The summed E-state index contributed by atoms with van der Waals surface area (Å²) in [6.07, 6.45) is 0. The number of hydrogen-bond donors (Lipinski definition) is 2. The van der Waals surface area contributed by atoms with Crippen molar-refractivity contribution in [1.29, 1.82) is 0 Å². The van der Waals surface area contributed by atoms with Crippen LogP contribution in [0.3, 0.4) is 0 Å². The number of benzene rings is 1. The normalized spacial score (nSPS) is 17.4. The minimum absolute atomic E-state index is 0.0745. The van der Waals surface area contributed by atoms with E-state index in [2.05, 4.69) is 14.9 Å². The summed E-state index contributed by atoms with van der Waals surface area (Å²) in [5.74, 6) is 0.466. The first-order valence-electron chi connectivity index (χ1n) is 4.75. The zero-order valence-corrected chi connectivity index (χ0v) is 9.58. The monoisotopic (exact) mass is 252 g/mol. The van der Waals surface area contributed by atoms with Gasteiger partial charge in [0.25, 0.3) is 10.0 Å². The number of hydrogen-bond acceptors (Lipinski definition) is 6. The Labute approximate surface area is 96.3 Å². The maximum absolute atomic E-state index is 11.8. The summed E-state index contributed by atoms with van der Waals surface area (Å²) in [7, 11) is -3.68. The van der Waals surface area contributed by atoms with Crippen LogP contribution >= 0.6 is 0 Å². The molecule has 1 aliphatic heterocycles. The van der Waals surface area contributed by atoms with Crippen molar-refractivity contribution in [2.45, 2.75) is 11.8 Å². The van der Waals surface area contributed by atoms with Crippen molar-refractivity contribution < 1.29 is 12.9 Å². The number of anilines is 2. The van der Waals surface area contributed by atoms with Crippen LogP contribution in [-0.2, 0) is 10.0 Å². The molecule has 0 amide bonds. The molecule has 0 radical (unpaired) electrons. The smallest absolute Gasteiger partial charge is 0.286 e. The molecule has 0 spiro atoms. The summed E-state index contributed by atoms with van der Waals surface area (Å²) >= 11 is 0. The van der Waals surface area contributed by atoms with E-state index in [0.29, 0.717) is 22.5 Å². The molecule has 0 fully saturated rings. The Morgan fingerprint density at radius 1 is 1.41 bits per heavy atom. The van der Waals surface area contributed by atoms with E-state index in [1.54, 1.807) is 13.0 Å². The van der Waals surface area contributed by atoms with E-state index in [-0.39, 0.29) is 10.7 Å². The van der Waals surface area contributed by atoms with Crippen LogP contribution in [-0.4, -0.2) is 19.4 Å². The number of nitrogen functional groups attached to an aromatic ring is 1. The van der Waals surface area contributed by atoms with Gasteiger partial charge >= 0.3 is 0 Å². The number of nitrogens with two attached hydrogens (primary N) is 1. The van der Waals surface area contributed by atoms with Gasteiger partial charge in [-0.2, -0.15) is 8.42 Å². The number of nitrogens with one attached hydrogen (secondary N) is 1. The Bertz CT molecular complexity index is 760. The molecule has 0 aliphatic carbocycles. The highest BCUT2D eigenvalue weighted by molar-refractivity contribution is 7.90. The summed E-state index contributed by atoms with van der Waals surface area (Å²) in [5.41, 5.74) is 6.42. The zero-order chi connectivity index (χ0) is 12.2. The van der Waals surface area contributed by atoms with Gasteiger partial charge in [-0.1, -0.05) is 5.16 Å². The van der Waals surface area contributed by atoms with Gasteiger partial charge in [-0.05, 0) is 13.0 Å². The van der Waals surface area contributed by atoms with Gasteiger partial charge in [0, 0.05) is 6.07 Å². The molecule has 2 heterocycles. The van der Waals surface area contributed by atoms with Crippen LogP contribution in [0.2, 0.25) is 0 Å². The summed E-state index contributed by atoms with van der Waals surface area (Å²) in [4.78, 5) is 0.0745. The molecule has 88 valence electrons. The second-order valence-electron chi connectivity index (χ2n) is 3.69. The maximum Gasteiger partial charge on any atom is 0.286 e. The minimum Gasteiger partial charge on any atom is -0.380 e. The van der Waals surface area contributed by atoms with Crippen molar-refractivity contribution in [3.63, 3.8) is 0 Å². The molecule has 2 aromatic rings. The molecule has 8 heteroatoms. The number of amidine groups is 1. The average Bonchev–Trinajstić information content (AvgIpc) is 2.56. The summed E-state index contributed by atoms with van der Waals surface area (Å²) in [6.45, 7) is 1.57. The van der Waals surface area contributed by atoms with Crippen LogP contribution in [0.25, 0.3) is 11.0 Å². The molecule has 0 saturated heterocycles. The Morgan fingerprint density at radius 3 is 2.94 bits per heavy atom. The van der Waals surface area contributed by atoms with Gasteiger partial charge in [0.15, 0.2) is 11.4 Å². The third-order valence-electron chi connectivity index (χ3n) is 2.45. The number of aromatic nitrogens is 1. The highest BCUT2D eigenvalue weighted by atomic mass is 32.2. The Balaban J connectivity index is 2.40. The first-order valence-corrected chi connectivity index (χ1v) is 6.19. The van der Waals surface area contributed by atoms with Crippen LogP contribution < -0.4 is 11.1 Å². The van der Waals surface area contributed by atoms with Crippen LogP contribution in [0.5, 0.6) is 0 Å². The van der Waals surface area contributed by atoms with Crippen LogP contribution in [0, 0.1) is 0 Å². The van der Waals surface area contributed by atoms with Crippen molar-refractivity contribution in [1.82, 2.24) is 5.16 Å². The molecule has 0 atom stereocenters. The molecule has 0 bridgehead atoms. The topological polar surface area (TPSA) is 111 Å². The molecular formula is C9H8N4O3S.